The highest BCUT2D eigenvalue weighted by Crippen LogP contribution is 2.21. The normalized spacial score (nSPS) is 16.8. The third kappa shape index (κ3) is 4.35. The standard InChI is InChI=1S/C23H33N7/c1-5-24-23(25-12-11-17-13-26-21-16(4)7-6-8-19(17)21)27-18-9-10-20-28-22(15(2)3)29-30(20)14-18/h6-8,13,15,18,26H,5,9-12,14H2,1-4H3,(H2,24,25,27). The van der Waals surface area contributed by atoms with E-state index in [-0.39, 0.29) is 0 Å². The van der Waals surface area contributed by atoms with Gasteiger partial charge in [0.15, 0.2) is 11.8 Å². The molecule has 0 fully saturated rings. The maximum absolute atomic E-state index is 4.84. The number of aromatic amines is 1. The van der Waals surface area contributed by atoms with Crippen LogP contribution in [0.5, 0.6) is 0 Å². The largest absolute Gasteiger partial charge is 0.361 e. The van der Waals surface area contributed by atoms with Gasteiger partial charge in [-0.05, 0) is 37.8 Å². The molecule has 7 heteroatoms. The number of aliphatic imine (C=N–C) groups is 1. The second-order valence-corrected chi connectivity index (χ2v) is 8.43. The highest BCUT2D eigenvalue weighted by molar-refractivity contribution is 5.86. The van der Waals surface area contributed by atoms with Crippen LogP contribution >= 0.6 is 0 Å². The Balaban J connectivity index is 1.39. The fraction of sp³-hybridized carbons (Fsp3) is 0.522. The number of aromatic nitrogens is 4. The average molecular weight is 408 g/mol. The van der Waals surface area contributed by atoms with E-state index in [0.717, 1.165) is 56.5 Å². The molecule has 1 aliphatic rings. The SMILES string of the molecule is CCNC(=NCCc1c[nH]c2c(C)cccc12)NC1CCc2nc(C(C)C)nn2C1. The number of fused-ring (bicyclic) bond motifs is 2. The molecule has 3 heterocycles. The molecule has 0 bridgehead atoms. The van der Waals surface area contributed by atoms with Crippen LogP contribution < -0.4 is 10.6 Å². The highest BCUT2D eigenvalue weighted by atomic mass is 15.4. The van der Waals surface area contributed by atoms with Crippen LogP contribution in [0.15, 0.2) is 29.4 Å². The fourth-order valence-electron chi connectivity index (χ4n) is 4.06. The van der Waals surface area contributed by atoms with Crippen LogP contribution in [-0.2, 0) is 19.4 Å². The van der Waals surface area contributed by atoms with Gasteiger partial charge < -0.3 is 15.6 Å². The van der Waals surface area contributed by atoms with Crippen LogP contribution in [0, 0.1) is 6.92 Å². The Hall–Kier alpha value is -2.83. The minimum atomic E-state index is 0.313. The summed E-state index contributed by atoms with van der Waals surface area (Å²) in [5, 5.41) is 13.0. The van der Waals surface area contributed by atoms with E-state index in [1.165, 1.54) is 22.0 Å². The molecular weight excluding hydrogens is 374 g/mol. The van der Waals surface area contributed by atoms with Crippen LogP contribution in [0.2, 0.25) is 0 Å². The monoisotopic (exact) mass is 407 g/mol. The molecule has 3 N–H and O–H groups in total. The summed E-state index contributed by atoms with van der Waals surface area (Å²) in [4.78, 5) is 12.9. The number of aryl methyl sites for hydroxylation is 2. The molecule has 0 radical (unpaired) electrons. The van der Waals surface area contributed by atoms with Gasteiger partial charge in [0.25, 0.3) is 0 Å². The Bertz CT molecular complexity index is 1030. The predicted molar refractivity (Wildman–Crippen MR) is 122 cm³/mol. The number of nitrogens with one attached hydrogen (secondary N) is 3. The quantitative estimate of drug-likeness (QED) is 0.432. The zero-order valence-corrected chi connectivity index (χ0v) is 18.5. The smallest absolute Gasteiger partial charge is 0.191 e. The summed E-state index contributed by atoms with van der Waals surface area (Å²) >= 11 is 0. The highest BCUT2D eigenvalue weighted by Gasteiger charge is 2.23. The topological polar surface area (TPSA) is 82.9 Å². The molecule has 0 spiro atoms. The second-order valence-electron chi connectivity index (χ2n) is 8.43. The van der Waals surface area contributed by atoms with E-state index >= 15 is 0 Å². The maximum atomic E-state index is 4.84. The molecular formula is C23H33N7. The Labute approximate surface area is 178 Å². The van der Waals surface area contributed by atoms with Gasteiger partial charge in [-0.1, -0.05) is 32.0 Å². The first-order valence-electron chi connectivity index (χ1n) is 11.1. The van der Waals surface area contributed by atoms with E-state index < -0.39 is 0 Å². The van der Waals surface area contributed by atoms with Crippen LogP contribution in [-0.4, -0.2) is 44.8 Å². The molecule has 0 amide bonds. The fourth-order valence-corrected chi connectivity index (χ4v) is 4.06. The number of hydrogen-bond acceptors (Lipinski definition) is 3. The lowest BCUT2D eigenvalue weighted by Crippen LogP contribution is -2.47. The van der Waals surface area contributed by atoms with Crippen molar-refractivity contribution in [2.75, 3.05) is 13.1 Å². The molecule has 2 aromatic heterocycles. The number of H-pyrrole nitrogens is 1. The zero-order chi connectivity index (χ0) is 21.1. The molecule has 30 heavy (non-hydrogen) atoms. The molecule has 1 aromatic carbocycles. The van der Waals surface area contributed by atoms with Gasteiger partial charge in [0.05, 0.1) is 6.54 Å². The summed E-state index contributed by atoms with van der Waals surface area (Å²) in [6, 6.07) is 6.76. The first kappa shape index (κ1) is 20.4. The third-order valence-electron chi connectivity index (χ3n) is 5.74. The minimum absolute atomic E-state index is 0.313. The number of hydrogen-bond donors (Lipinski definition) is 3. The van der Waals surface area contributed by atoms with Gasteiger partial charge in [0.2, 0.25) is 0 Å². The Morgan fingerprint density at radius 2 is 2.23 bits per heavy atom. The van der Waals surface area contributed by atoms with Gasteiger partial charge in [-0.15, -0.1) is 0 Å². The third-order valence-corrected chi connectivity index (χ3v) is 5.74. The second kappa shape index (κ2) is 8.90. The van der Waals surface area contributed by atoms with Gasteiger partial charge in [0.1, 0.15) is 5.82 Å². The van der Waals surface area contributed by atoms with Crippen LogP contribution in [0.4, 0.5) is 0 Å². The van der Waals surface area contributed by atoms with Crippen molar-refractivity contribution in [3.63, 3.8) is 0 Å². The van der Waals surface area contributed by atoms with Crippen LogP contribution in [0.25, 0.3) is 10.9 Å². The van der Waals surface area contributed by atoms with Crippen molar-refractivity contribution < 1.29 is 0 Å². The molecule has 0 saturated heterocycles. The molecule has 1 atom stereocenters. The van der Waals surface area contributed by atoms with E-state index in [2.05, 4.69) is 82.5 Å². The summed E-state index contributed by atoms with van der Waals surface area (Å²) in [6.07, 6.45) is 5.02. The lowest BCUT2D eigenvalue weighted by molar-refractivity contribution is 0.391. The Morgan fingerprint density at radius 3 is 3.03 bits per heavy atom. The van der Waals surface area contributed by atoms with Crippen molar-refractivity contribution in [1.29, 1.82) is 0 Å². The van der Waals surface area contributed by atoms with Crippen molar-refractivity contribution in [3.8, 4) is 0 Å². The summed E-state index contributed by atoms with van der Waals surface area (Å²) in [6.45, 7) is 10.9. The van der Waals surface area contributed by atoms with E-state index in [9.17, 15) is 0 Å². The number of nitrogens with zero attached hydrogens (tertiary/aromatic N) is 4. The predicted octanol–water partition coefficient (Wildman–Crippen LogP) is 3.30. The lowest BCUT2D eigenvalue weighted by atomic mass is 10.1. The maximum Gasteiger partial charge on any atom is 0.191 e. The summed E-state index contributed by atoms with van der Waals surface area (Å²) in [5.74, 6) is 3.29. The molecule has 4 rings (SSSR count). The van der Waals surface area contributed by atoms with Gasteiger partial charge in [-0.25, -0.2) is 9.67 Å². The number of guanidine groups is 1. The number of rotatable bonds is 6. The lowest BCUT2D eigenvalue weighted by Gasteiger charge is -2.25. The molecule has 160 valence electrons. The minimum Gasteiger partial charge on any atom is -0.361 e. The van der Waals surface area contributed by atoms with Crippen molar-refractivity contribution in [2.24, 2.45) is 4.99 Å². The summed E-state index contributed by atoms with van der Waals surface area (Å²) in [7, 11) is 0. The van der Waals surface area contributed by atoms with Crippen molar-refractivity contribution in [1.82, 2.24) is 30.4 Å². The molecule has 7 nitrogen and oxygen atoms in total. The molecule has 0 aliphatic carbocycles. The summed E-state index contributed by atoms with van der Waals surface area (Å²) < 4.78 is 2.06. The number of benzene rings is 1. The first-order valence-corrected chi connectivity index (χ1v) is 11.1. The van der Waals surface area contributed by atoms with Crippen molar-refractivity contribution in [2.45, 2.75) is 65.5 Å². The van der Waals surface area contributed by atoms with Crippen LogP contribution in [0.1, 0.15) is 55.9 Å². The van der Waals surface area contributed by atoms with Gasteiger partial charge >= 0.3 is 0 Å². The summed E-state index contributed by atoms with van der Waals surface area (Å²) in [5.41, 5.74) is 3.83. The van der Waals surface area contributed by atoms with E-state index in [0.29, 0.717) is 12.0 Å². The molecule has 1 unspecified atom stereocenters. The zero-order valence-electron chi connectivity index (χ0n) is 18.5. The van der Waals surface area contributed by atoms with E-state index in [4.69, 9.17) is 4.99 Å². The van der Waals surface area contributed by atoms with Crippen molar-refractivity contribution >= 4 is 16.9 Å². The average Bonchev–Trinajstić information content (AvgIpc) is 3.33. The van der Waals surface area contributed by atoms with E-state index in [1.807, 2.05) is 0 Å². The van der Waals surface area contributed by atoms with E-state index in [1.54, 1.807) is 0 Å². The number of para-hydroxylation sites is 1. The Morgan fingerprint density at radius 1 is 1.37 bits per heavy atom. The Kier molecular flexibility index (Phi) is 6.06. The molecule has 3 aromatic rings. The van der Waals surface area contributed by atoms with Gasteiger partial charge in [-0.3, -0.25) is 4.99 Å². The van der Waals surface area contributed by atoms with Gasteiger partial charge in [0, 0.05) is 48.6 Å². The molecule has 1 aliphatic heterocycles. The molecule has 0 saturated carbocycles. The van der Waals surface area contributed by atoms with Crippen LogP contribution in [0.3, 0.4) is 0 Å². The van der Waals surface area contributed by atoms with Gasteiger partial charge in [-0.2, -0.15) is 5.10 Å². The first-order chi connectivity index (χ1) is 14.5. The van der Waals surface area contributed by atoms with Crippen molar-refractivity contribution in [3.05, 3.63) is 47.2 Å².